The van der Waals surface area contributed by atoms with Gasteiger partial charge in [-0.25, -0.2) is 0 Å². The fourth-order valence-electron chi connectivity index (χ4n) is 5.36. The summed E-state index contributed by atoms with van der Waals surface area (Å²) in [5.41, 5.74) is 0.0986. The second-order valence-corrected chi connectivity index (χ2v) is 15.9. The Morgan fingerprint density at radius 1 is 1.09 bits per heavy atom. The summed E-state index contributed by atoms with van der Waals surface area (Å²) < 4.78 is 30.0. The van der Waals surface area contributed by atoms with Gasteiger partial charge in [-0.05, 0) is 56.8 Å². The smallest absolute Gasteiger partial charge is 0.306 e. The van der Waals surface area contributed by atoms with Crippen molar-refractivity contribution in [3.63, 3.8) is 0 Å². The molecule has 7 nitrogen and oxygen atoms in total. The first kappa shape index (κ1) is 27.5. The van der Waals surface area contributed by atoms with Crippen molar-refractivity contribution in [3.05, 3.63) is 23.8 Å². The molecule has 1 aliphatic heterocycles. The molecule has 0 bridgehead atoms. The number of benzene rings is 1. The van der Waals surface area contributed by atoms with E-state index in [0.29, 0.717) is 24.5 Å². The van der Waals surface area contributed by atoms with E-state index in [-0.39, 0.29) is 48.4 Å². The van der Waals surface area contributed by atoms with E-state index in [1.165, 1.54) is 0 Å². The molecule has 35 heavy (non-hydrogen) atoms. The van der Waals surface area contributed by atoms with Crippen molar-refractivity contribution in [3.8, 4) is 11.5 Å². The van der Waals surface area contributed by atoms with Gasteiger partial charge in [0.15, 0.2) is 19.8 Å². The maximum Gasteiger partial charge on any atom is 0.306 e. The largest absolute Gasteiger partial charge is 0.493 e. The van der Waals surface area contributed by atoms with Crippen LogP contribution in [0.4, 0.5) is 0 Å². The zero-order valence-corrected chi connectivity index (χ0v) is 23.6. The average molecular weight is 507 g/mol. The van der Waals surface area contributed by atoms with Crippen LogP contribution in [0.25, 0.3) is 0 Å². The third-order valence-corrected chi connectivity index (χ3v) is 12.5. The highest BCUT2D eigenvalue weighted by molar-refractivity contribution is 6.74. The predicted octanol–water partition coefficient (Wildman–Crippen LogP) is 5.40. The van der Waals surface area contributed by atoms with Crippen LogP contribution in [0.5, 0.6) is 11.5 Å². The summed E-state index contributed by atoms with van der Waals surface area (Å²) in [4.78, 5) is 25.8. The number of hydrogen-bond acceptors (Lipinski definition) is 7. The first-order valence-corrected chi connectivity index (χ1v) is 15.6. The zero-order valence-electron chi connectivity index (χ0n) is 22.6. The normalized spacial score (nSPS) is 25.8. The molecule has 1 fully saturated rings. The number of hydrogen-bond donors (Lipinski definition) is 0. The molecule has 8 heteroatoms. The Hall–Kier alpha value is -2.06. The van der Waals surface area contributed by atoms with Gasteiger partial charge in [0.25, 0.3) is 0 Å². The maximum atomic E-state index is 13.1. The minimum Gasteiger partial charge on any atom is -0.493 e. The van der Waals surface area contributed by atoms with Crippen LogP contribution < -0.4 is 9.47 Å². The molecule has 0 radical (unpaired) electrons. The van der Waals surface area contributed by atoms with E-state index in [0.717, 1.165) is 12.0 Å². The Bertz CT molecular complexity index is 923. The monoisotopic (exact) mass is 506 g/mol. The number of carbonyl (C=O) groups is 2. The van der Waals surface area contributed by atoms with Crippen LogP contribution in [0.1, 0.15) is 65.9 Å². The highest BCUT2D eigenvalue weighted by Gasteiger charge is 2.62. The molecule has 1 aliphatic carbocycles. The molecule has 0 N–H and O–H groups in total. The highest BCUT2D eigenvalue weighted by atomic mass is 28.4. The molecule has 0 aromatic heterocycles. The summed E-state index contributed by atoms with van der Waals surface area (Å²) in [5.74, 6) is 0.506. The van der Waals surface area contributed by atoms with Gasteiger partial charge >= 0.3 is 11.9 Å². The third kappa shape index (κ3) is 5.24. The lowest BCUT2D eigenvalue weighted by Crippen LogP contribution is -2.59. The predicted molar refractivity (Wildman–Crippen MR) is 136 cm³/mol. The van der Waals surface area contributed by atoms with Crippen molar-refractivity contribution in [1.29, 1.82) is 0 Å². The second-order valence-electron chi connectivity index (χ2n) is 11.1. The molecule has 196 valence electrons. The van der Waals surface area contributed by atoms with Crippen LogP contribution in [-0.4, -0.2) is 52.8 Å². The molecule has 1 saturated carbocycles. The summed E-state index contributed by atoms with van der Waals surface area (Å²) in [6, 6.07) is 5.76. The van der Waals surface area contributed by atoms with Crippen LogP contribution >= 0.6 is 0 Å². The Morgan fingerprint density at radius 2 is 1.74 bits per heavy atom. The van der Waals surface area contributed by atoms with Gasteiger partial charge in [-0.15, -0.1) is 0 Å². The molecule has 0 unspecified atom stereocenters. The average Bonchev–Trinajstić information content (AvgIpc) is 3.10. The number of esters is 2. The second kappa shape index (κ2) is 10.5. The first-order chi connectivity index (χ1) is 16.4. The Morgan fingerprint density at radius 3 is 2.34 bits per heavy atom. The molecule has 1 aromatic carbocycles. The summed E-state index contributed by atoms with van der Waals surface area (Å²) in [7, 11) is -0.541. The topological polar surface area (TPSA) is 80.3 Å². The molecule has 3 rings (SSSR count). The quantitative estimate of drug-likeness (QED) is 0.328. The van der Waals surface area contributed by atoms with Gasteiger partial charge in [0.05, 0.1) is 38.3 Å². The van der Waals surface area contributed by atoms with Crippen LogP contribution in [0, 0.1) is 5.92 Å². The number of ether oxygens (including phenoxy) is 4. The molecule has 0 amide bonds. The van der Waals surface area contributed by atoms with E-state index >= 15 is 0 Å². The fourth-order valence-corrected chi connectivity index (χ4v) is 6.71. The van der Waals surface area contributed by atoms with E-state index in [1.807, 2.05) is 18.2 Å². The Labute approximate surface area is 210 Å². The van der Waals surface area contributed by atoms with Gasteiger partial charge in [0.2, 0.25) is 0 Å². The van der Waals surface area contributed by atoms with Gasteiger partial charge in [-0.1, -0.05) is 32.9 Å². The SMILES string of the molecule is CCOC(=O)C[C@@H]1CC[C@@H](O[Si](C)(C)C(C)(C)C)[C@@H]2Oc3c(OC)cccc3[C@]12CC(=O)OCC. The fraction of sp³-hybridized carbons (Fsp3) is 0.704. The van der Waals surface area contributed by atoms with E-state index < -0.39 is 19.8 Å². The minimum atomic E-state index is -2.15. The van der Waals surface area contributed by atoms with E-state index in [1.54, 1.807) is 21.0 Å². The molecular weight excluding hydrogens is 464 g/mol. The molecule has 2 aliphatic rings. The number of para-hydroxylation sites is 1. The van der Waals surface area contributed by atoms with Crippen LogP contribution in [0.15, 0.2) is 18.2 Å². The van der Waals surface area contributed by atoms with E-state index in [9.17, 15) is 9.59 Å². The van der Waals surface area contributed by atoms with E-state index in [2.05, 4.69) is 33.9 Å². The van der Waals surface area contributed by atoms with Crippen LogP contribution in [0.3, 0.4) is 0 Å². The molecule has 0 spiro atoms. The number of rotatable bonds is 9. The van der Waals surface area contributed by atoms with Crippen molar-refractivity contribution < 1.29 is 33.0 Å². The highest BCUT2D eigenvalue weighted by Crippen LogP contribution is 2.59. The lowest BCUT2D eigenvalue weighted by Gasteiger charge is -2.50. The van der Waals surface area contributed by atoms with Crippen LogP contribution in [-0.2, 0) is 28.9 Å². The Kier molecular flexibility index (Phi) is 8.26. The van der Waals surface area contributed by atoms with Gasteiger partial charge in [-0.2, -0.15) is 0 Å². The summed E-state index contributed by atoms with van der Waals surface area (Å²) in [5, 5.41) is 0.0156. The number of methoxy groups -OCH3 is 1. The van der Waals surface area contributed by atoms with Crippen molar-refractivity contribution >= 4 is 20.3 Å². The number of carbonyl (C=O) groups excluding carboxylic acids is 2. The van der Waals surface area contributed by atoms with Gasteiger partial charge in [0.1, 0.15) is 6.10 Å². The molecule has 0 saturated heterocycles. The standard InChI is InChI=1S/C27H42O7Si/c1-9-31-22(28)16-18-14-15-21(34-35(7,8)26(3,4)5)25-27(18,17-23(29)32-10-2)19-12-11-13-20(30-6)24(19)33-25/h11-13,18,21,25H,9-10,14-17H2,1-8H3/t18-,21+,25-,27-/m0/s1. The maximum absolute atomic E-state index is 13.1. The minimum absolute atomic E-state index is 0.0156. The summed E-state index contributed by atoms with van der Waals surface area (Å²) >= 11 is 0. The lowest BCUT2D eigenvalue weighted by atomic mass is 9.58. The molecule has 1 heterocycles. The van der Waals surface area contributed by atoms with Crippen LogP contribution in [0.2, 0.25) is 18.1 Å². The van der Waals surface area contributed by atoms with Gasteiger partial charge in [-0.3, -0.25) is 9.59 Å². The number of fused-ring (bicyclic) bond motifs is 3. The summed E-state index contributed by atoms with van der Waals surface area (Å²) in [6.45, 7) is 15.3. The molecular formula is C27H42O7Si. The van der Waals surface area contributed by atoms with Crippen molar-refractivity contribution in [2.45, 2.75) is 96.1 Å². The summed E-state index contributed by atoms with van der Waals surface area (Å²) in [6.07, 6.45) is 1.10. The van der Waals surface area contributed by atoms with Crippen molar-refractivity contribution in [2.75, 3.05) is 20.3 Å². The van der Waals surface area contributed by atoms with E-state index in [4.69, 9.17) is 23.4 Å². The van der Waals surface area contributed by atoms with Gasteiger partial charge < -0.3 is 23.4 Å². The first-order valence-electron chi connectivity index (χ1n) is 12.7. The van der Waals surface area contributed by atoms with Crippen molar-refractivity contribution in [2.24, 2.45) is 5.92 Å². The van der Waals surface area contributed by atoms with Gasteiger partial charge in [0, 0.05) is 12.0 Å². The molecule has 1 aromatic rings. The third-order valence-electron chi connectivity index (χ3n) is 8.03. The zero-order chi connectivity index (χ0) is 26.0. The molecule has 4 atom stereocenters. The van der Waals surface area contributed by atoms with Crippen molar-refractivity contribution in [1.82, 2.24) is 0 Å². The lowest BCUT2D eigenvalue weighted by molar-refractivity contribution is -0.153. The Balaban J connectivity index is 2.15.